The molecule has 2 nitrogen and oxygen atoms in total. The van der Waals surface area contributed by atoms with Crippen LogP contribution in [-0.2, 0) is 12.8 Å². The molecule has 0 aliphatic rings. The van der Waals surface area contributed by atoms with Crippen molar-refractivity contribution in [1.82, 2.24) is 0 Å². The van der Waals surface area contributed by atoms with E-state index in [9.17, 15) is 0 Å². The van der Waals surface area contributed by atoms with Crippen molar-refractivity contribution in [3.63, 3.8) is 0 Å². The number of para-hydroxylation sites is 2. The number of rotatable bonds is 8. The predicted molar refractivity (Wildman–Crippen MR) is 171 cm³/mol. The molecule has 0 atom stereocenters. The minimum atomic E-state index is -0.991. The summed E-state index contributed by atoms with van der Waals surface area (Å²) in [5.74, 6) is 0.968. The van der Waals surface area contributed by atoms with Gasteiger partial charge in [0, 0.05) is 16.2 Å². The summed E-state index contributed by atoms with van der Waals surface area (Å²) in [7, 11) is -0.991. The van der Waals surface area contributed by atoms with Gasteiger partial charge in [-0.25, -0.2) is 4.99 Å². The molecule has 39 heavy (non-hydrogen) atoms. The van der Waals surface area contributed by atoms with Crippen molar-refractivity contribution >= 4 is 35.9 Å². The van der Waals surface area contributed by atoms with Gasteiger partial charge in [0.25, 0.3) is 0 Å². The quantitative estimate of drug-likeness (QED) is 0.112. The lowest BCUT2D eigenvalue weighted by atomic mass is 10.1. The van der Waals surface area contributed by atoms with Crippen molar-refractivity contribution in [3.05, 3.63) is 156 Å². The molecule has 0 unspecified atom stereocenters. The zero-order chi connectivity index (χ0) is 27.0. The van der Waals surface area contributed by atoms with Crippen molar-refractivity contribution < 1.29 is 0 Å². The summed E-state index contributed by atoms with van der Waals surface area (Å²) >= 11 is 0. The third kappa shape index (κ3) is 6.03. The Labute approximate surface area is 234 Å². The number of aryl methyl sites for hydroxylation is 3. The average Bonchev–Trinajstić information content (AvgIpc) is 3.00. The lowest BCUT2D eigenvalue weighted by molar-refractivity contribution is 1.13. The van der Waals surface area contributed by atoms with Crippen LogP contribution in [0.25, 0.3) is 0 Å². The first kappa shape index (κ1) is 26.6. The van der Waals surface area contributed by atoms with Crippen molar-refractivity contribution in [2.75, 3.05) is 4.67 Å². The molecular weight excluding hydrogens is 491 g/mol. The van der Waals surface area contributed by atoms with Crippen molar-refractivity contribution in [2.45, 2.75) is 33.6 Å². The van der Waals surface area contributed by atoms with Crippen LogP contribution in [-0.4, -0.2) is 5.84 Å². The van der Waals surface area contributed by atoms with Crippen LogP contribution in [0.1, 0.15) is 36.1 Å². The summed E-state index contributed by atoms with van der Waals surface area (Å²) in [4.78, 5) is 5.51. The van der Waals surface area contributed by atoms with Gasteiger partial charge < -0.3 is 0 Å². The minimum absolute atomic E-state index is 0.929. The van der Waals surface area contributed by atoms with E-state index in [4.69, 9.17) is 4.99 Å². The molecule has 0 N–H and O–H groups in total. The number of benzene rings is 5. The highest BCUT2D eigenvalue weighted by Gasteiger charge is 2.30. The molecule has 194 valence electrons. The van der Waals surface area contributed by atoms with E-state index < -0.39 is 8.07 Å². The standard InChI is InChI=1S/C36H35N2P/c1-4-29-16-12-14-22-34(29)37-36(31-26-24-28(3)25-27-31)38(35-23-15-13-17-30(35)5-2)39(32-18-8-6-9-19-32)33-20-10-7-11-21-33/h6-27H,4-5H2,1-3H3. The van der Waals surface area contributed by atoms with Gasteiger partial charge in [0.1, 0.15) is 5.84 Å². The van der Waals surface area contributed by atoms with Crippen LogP contribution in [0.5, 0.6) is 0 Å². The third-order valence-electron chi connectivity index (χ3n) is 6.91. The molecule has 0 spiro atoms. The zero-order valence-corrected chi connectivity index (χ0v) is 23.9. The van der Waals surface area contributed by atoms with E-state index in [2.05, 4.69) is 159 Å². The Kier molecular flexibility index (Phi) is 8.66. The number of hydrogen-bond donors (Lipinski definition) is 0. The molecule has 3 heteroatoms. The molecule has 5 aromatic carbocycles. The highest BCUT2D eigenvalue weighted by atomic mass is 31.1. The van der Waals surface area contributed by atoms with Gasteiger partial charge in [0.05, 0.1) is 19.4 Å². The average molecular weight is 527 g/mol. The Morgan fingerprint density at radius 2 is 1.10 bits per heavy atom. The van der Waals surface area contributed by atoms with Crippen LogP contribution in [0.4, 0.5) is 11.4 Å². The topological polar surface area (TPSA) is 15.6 Å². The van der Waals surface area contributed by atoms with E-state index in [0.717, 1.165) is 29.9 Å². The Hall–Kier alpha value is -4.00. The highest BCUT2D eigenvalue weighted by Crippen LogP contribution is 2.45. The Bertz CT molecular complexity index is 1490. The maximum absolute atomic E-state index is 5.51. The molecule has 5 rings (SSSR count). The number of aliphatic imine (C=N–C) groups is 1. The molecule has 0 fully saturated rings. The molecule has 0 aromatic heterocycles. The second-order valence-corrected chi connectivity index (χ2v) is 11.6. The van der Waals surface area contributed by atoms with Gasteiger partial charge in [-0.2, -0.15) is 0 Å². The summed E-state index contributed by atoms with van der Waals surface area (Å²) < 4.78 is 2.52. The van der Waals surface area contributed by atoms with Crippen LogP contribution in [0, 0.1) is 6.92 Å². The van der Waals surface area contributed by atoms with E-state index in [1.54, 1.807) is 0 Å². The number of nitrogens with zero attached hydrogens (tertiary/aromatic N) is 2. The van der Waals surface area contributed by atoms with E-state index in [1.807, 2.05) is 0 Å². The normalized spacial score (nSPS) is 11.5. The van der Waals surface area contributed by atoms with Crippen LogP contribution < -0.4 is 15.3 Å². The molecule has 0 radical (unpaired) electrons. The van der Waals surface area contributed by atoms with Gasteiger partial charge in [0.15, 0.2) is 0 Å². The fraction of sp³-hybridized carbons (Fsp3) is 0.139. The summed E-state index contributed by atoms with van der Waals surface area (Å²) in [5.41, 5.74) is 7.12. The van der Waals surface area contributed by atoms with Gasteiger partial charge in [-0.15, -0.1) is 0 Å². The smallest absolute Gasteiger partial charge is 0.144 e. The second kappa shape index (κ2) is 12.7. The number of anilines is 1. The number of hydrogen-bond acceptors (Lipinski definition) is 1. The Balaban J connectivity index is 1.86. The highest BCUT2D eigenvalue weighted by molar-refractivity contribution is 7.75. The fourth-order valence-corrected chi connectivity index (χ4v) is 7.25. The lowest BCUT2D eigenvalue weighted by Crippen LogP contribution is -2.35. The van der Waals surface area contributed by atoms with Gasteiger partial charge in [-0.05, 0) is 43.0 Å². The predicted octanol–water partition coefficient (Wildman–Crippen LogP) is 8.75. The second-order valence-electron chi connectivity index (χ2n) is 9.56. The molecular formula is C36H35N2P. The number of amidine groups is 1. The lowest BCUT2D eigenvalue weighted by Gasteiger charge is -2.36. The summed E-state index contributed by atoms with van der Waals surface area (Å²) in [5, 5.41) is 2.57. The summed E-state index contributed by atoms with van der Waals surface area (Å²) in [6.07, 6.45) is 1.87. The van der Waals surface area contributed by atoms with Crippen LogP contribution in [0.3, 0.4) is 0 Å². The molecule has 0 heterocycles. The molecule has 0 aliphatic carbocycles. The maximum Gasteiger partial charge on any atom is 0.144 e. The zero-order valence-electron chi connectivity index (χ0n) is 23.0. The molecule has 5 aromatic rings. The molecule has 0 saturated heterocycles. The third-order valence-corrected chi connectivity index (χ3v) is 9.29. The molecule has 0 amide bonds. The van der Waals surface area contributed by atoms with Crippen LogP contribution in [0.15, 0.2) is 138 Å². The molecule has 0 bridgehead atoms. The first-order valence-corrected chi connectivity index (χ1v) is 15.0. The molecule has 0 aliphatic heterocycles. The SMILES string of the molecule is CCc1ccccc1N=C(c1ccc(C)cc1)N(c1ccccc1CC)P(c1ccccc1)c1ccccc1. The van der Waals surface area contributed by atoms with Gasteiger partial charge in [-0.3, -0.25) is 4.67 Å². The van der Waals surface area contributed by atoms with E-state index in [0.29, 0.717) is 0 Å². The van der Waals surface area contributed by atoms with Gasteiger partial charge in [0.2, 0.25) is 0 Å². The largest absolute Gasteiger partial charge is 0.296 e. The van der Waals surface area contributed by atoms with Crippen molar-refractivity contribution in [3.8, 4) is 0 Å². The van der Waals surface area contributed by atoms with E-state index >= 15 is 0 Å². The summed E-state index contributed by atoms with van der Waals surface area (Å²) in [6, 6.07) is 47.9. The Morgan fingerprint density at radius 1 is 0.590 bits per heavy atom. The monoisotopic (exact) mass is 526 g/mol. The van der Waals surface area contributed by atoms with E-state index in [-0.39, 0.29) is 0 Å². The van der Waals surface area contributed by atoms with E-state index in [1.165, 1.54) is 33.0 Å². The van der Waals surface area contributed by atoms with Crippen molar-refractivity contribution in [2.24, 2.45) is 4.99 Å². The minimum Gasteiger partial charge on any atom is -0.296 e. The first-order chi connectivity index (χ1) is 19.2. The van der Waals surface area contributed by atoms with Crippen LogP contribution in [0.2, 0.25) is 0 Å². The first-order valence-electron chi connectivity index (χ1n) is 13.7. The summed E-state index contributed by atoms with van der Waals surface area (Å²) in [6.45, 7) is 6.57. The van der Waals surface area contributed by atoms with Gasteiger partial charge >= 0.3 is 0 Å². The Morgan fingerprint density at radius 3 is 1.69 bits per heavy atom. The fourth-order valence-electron chi connectivity index (χ4n) is 4.82. The van der Waals surface area contributed by atoms with Crippen LogP contribution >= 0.6 is 8.07 Å². The van der Waals surface area contributed by atoms with Gasteiger partial charge in [-0.1, -0.05) is 141 Å². The maximum atomic E-state index is 5.51. The van der Waals surface area contributed by atoms with Crippen molar-refractivity contribution in [1.29, 1.82) is 0 Å². The molecule has 0 saturated carbocycles.